The molecule has 1 fully saturated rings. The van der Waals surface area contributed by atoms with E-state index in [4.69, 9.17) is 9.47 Å². The van der Waals surface area contributed by atoms with Gasteiger partial charge in [0.2, 0.25) is 0 Å². The molecule has 2 N–H and O–H groups in total. The van der Waals surface area contributed by atoms with Crippen LogP contribution in [0.2, 0.25) is 0 Å². The Morgan fingerprint density at radius 3 is 2.91 bits per heavy atom. The molecule has 0 radical (unpaired) electrons. The Kier molecular flexibility index (Phi) is 4.92. The lowest BCUT2D eigenvalue weighted by Crippen LogP contribution is -2.35. The first-order valence-corrected chi connectivity index (χ1v) is 7.85. The summed E-state index contributed by atoms with van der Waals surface area (Å²) in [5, 5.41) is 9.84. The van der Waals surface area contributed by atoms with Gasteiger partial charge in [0.15, 0.2) is 0 Å². The highest BCUT2D eigenvalue weighted by molar-refractivity contribution is 5.99. The number of amides is 1. The summed E-state index contributed by atoms with van der Waals surface area (Å²) >= 11 is 0. The van der Waals surface area contributed by atoms with Crippen LogP contribution >= 0.6 is 0 Å². The van der Waals surface area contributed by atoms with Gasteiger partial charge in [0, 0.05) is 18.7 Å². The number of benzene rings is 1. The summed E-state index contributed by atoms with van der Waals surface area (Å²) in [5.41, 5.74) is 2.13. The van der Waals surface area contributed by atoms with Crippen molar-refractivity contribution in [2.45, 2.75) is 25.4 Å². The van der Waals surface area contributed by atoms with E-state index in [-0.39, 0.29) is 12.0 Å². The number of carbonyl (C=O) groups is 1. The highest BCUT2D eigenvalue weighted by Gasteiger charge is 2.18. The molecular formula is C17H21N3O3. The van der Waals surface area contributed by atoms with Crippen molar-refractivity contribution < 1.29 is 14.3 Å². The van der Waals surface area contributed by atoms with Crippen LogP contribution in [0.25, 0.3) is 11.3 Å². The van der Waals surface area contributed by atoms with Crippen LogP contribution in [0.4, 0.5) is 0 Å². The first-order chi connectivity index (χ1) is 11.3. The average molecular weight is 315 g/mol. The van der Waals surface area contributed by atoms with Crippen molar-refractivity contribution in [3.8, 4) is 17.0 Å². The van der Waals surface area contributed by atoms with Gasteiger partial charge >= 0.3 is 0 Å². The average Bonchev–Trinajstić information content (AvgIpc) is 3.10. The van der Waals surface area contributed by atoms with E-state index in [1.54, 1.807) is 13.3 Å². The van der Waals surface area contributed by atoms with E-state index in [1.165, 1.54) is 0 Å². The van der Waals surface area contributed by atoms with Gasteiger partial charge in [0.05, 0.1) is 30.7 Å². The third-order valence-corrected chi connectivity index (χ3v) is 4.03. The Labute approximate surface area is 135 Å². The number of H-pyrrole nitrogens is 1. The fourth-order valence-electron chi connectivity index (χ4n) is 2.71. The SMILES string of the molecule is COc1ccc(-c2[nH]ncc2C(=O)NC[C@H]2CCCCO2)cc1. The van der Waals surface area contributed by atoms with E-state index in [9.17, 15) is 4.79 Å². The summed E-state index contributed by atoms with van der Waals surface area (Å²) in [6.07, 6.45) is 4.93. The minimum atomic E-state index is -0.140. The molecule has 1 aromatic heterocycles. The van der Waals surface area contributed by atoms with Gasteiger partial charge in [0.1, 0.15) is 5.75 Å². The second-order valence-corrected chi connectivity index (χ2v) is 5.59. The van der Waals surface area contributed by atoms with Crippen LogP contribution < -0.4 is 10.1 Å². The van der Waals surface area contributed by atoms with Crippen molar-refractivity contribution in [1.82, 2.24) is 15.5 Å². The van der Waals surface area contributed by atoms with E-state index in [2.05, 4.69) is 15.5 Å². The Balaban J connectivity index is 1.67. The number of rotatable bonds is 5. The predicted molar refractivity (Wildman–Crippen MR) is 86.5 cm³/mol. The molecular weight excluding hydrogens is 294 g/mol. The molecule has 2 heterocycles. The number of nitrogens with one attached hydrogen (secondary N) is 2. The zero-order chi connectivity index (χ0) is 16.1. The predicted octanol–water partition coefficient (Wildman–Crippen LogP) is 2.38. The lowest BCUT2D eigenvalue weighted by Gasteiger charge is -2.22. The molecule has 122 valence electrons. The highest BCUT2D eigenvalue weighted by atomic mass is 16.5. The van der Waals surface area contributed by atoms with Gasteiger partial charge < -0.3 is 14.8 Å². The van der Waals surface area contributed by atoms with Crippen molar-refractivity contribution in [2.24, 2.45) is 0 Å². The lowest BCUT2D eigenvalue weighted by atomic mass is 10.1. The van der Waals surface area contributed by atoms with Crippen molar-refractivity contribution >= 4 is 5.91 Å². The molecule has 1 aromatic carbocycles. The van der Waals surface area contributed by atoms with E-state index in [0.29, 0.717) is 17.8 Å². The largest absolute Gasteiger partial charge is 0.497 e. The van der Waals surface area contributed by atoms with Crippen molar-refractivity contribution in [2.75, 3.05) is 20.3 Å². The lowest BCUT2D eigenvalue weighted by molar-refractivity contribution is 0.0169. The van der Waals surface area contributed by atoms with Crippen LogP contribution in [-0.2, 0) is 4.74 Å². The third kappa shape index (κ3) is 3.71. The van der Waals surface area contributed by atoms with E-state index < -0.39 is 0 Å². The molecule has 0 bridgehead atoms. The molecule has 1 saturated heterocycles. The van der Waals surface area contributed by atoms with Crippen molar-refractivity contribution in [1.29, 1.82) is 0 Å². The van der Waals surface area contributed by atoms with Crippen LogP contribution in [-0.4, -0.2) is 42.5 Å². The summed E-state index contributed by atoms with van der Waals surface area (Å²) in [6, 6.07) is 7.50. The Morgan fingerprint density at radius 2 is 2.22 bits per heavy atom. The van der Waals surface area contributed by atoms with E-state index in [0.717, 1.165) is 37.2 Å². The van der Waals surface area contributed by atoms with Crippen LogP contribution in [0.3, 0.4) is 0 Å². The van der Waals surface area contributed by atoms with Gasteiger partial charge in [-0.2, -0.15) is 5.10 Å². The Hall–Kier alpha value is -2.34. The zero-order valence-electron chi connectivity index (χ0n) is 13.2. The number of hydrogen-bond donors (Lipinski definition) is 2. The molecule has 23 heavy (non-hydrogen) atoms. The maximum Gasteiger partial charge on any atom is 0.255 e. The van der Waals surface area contributed by atoms with Gasteiger partial charge in [0.25, 0.3) is 5.91 Å². The topological polar surface area (TPSA) is 76.2 Å². The molecule has 0 unspecified atom stereocenters. The number of carbonyl (C=O) groups excluding carboxylic acids is 1. The fourth-order valence-corrected chi connectivity index (χ4v) is 2.71. The van der Waals surface area contributed by atoms with Gasteiger partial charge in [-0.3, -0.25) is 9.89 Å². The summed E-state index contributed by atoms with van der Waals surface area (Å²) in [4.78, 5) is 12.4. The molecule has 1 atom stereocenters. The zero-order valence-corrected chi connectivity index (χ0v) is 13.2. The number of nitrogens with zero attached hydrogens (tertiary/aromatic N) is 1. The van der Waals surface area contributed by atoms with Gasteiger partial charge in [-0.25, -0.2) is 0 Å². The Bertz CT molecular complexity index is 645. The molecule has 1 aliphatic heterocycles. The molecule has 6 heteroatoms. The van der Waals surface area contributed by atoms with Crippen LogP contribution in [0.15, 0.2) is 30.5 Å². The smallest absolute Gasteiger partial charge is 0.255 e. The molecule has 2 aromatic rings. The molecule has 0 saturated carbocycles. The molecule has 6 nitrogen and oxygen atoms in total. The quantitative estimate of drug-likeness (QED) is 0.888. The van der Waals surface area contributed by atoms with E-state index >= 15 is 0 Å². The molecule has 1 aliphatic rings. The maximum absolute atomic E-state index is 12.4. The van der Waals surface area contributed by atoms with Crippen molar-refractivity contribution in [3.63, 3.8) is 0 Å². The molecule has 3 rings (SSSR count). The Morgan fingerprint density at radius 1 is 1.39 bits per heavy atom. The third-order valence-electron chi connectivity index (χ3n) is 4.03. The number of aromatic amines is 1. The summed E-state index contributed by atoms with van der Waals surface area (Å²) in [5.74, 6) is 0.632. The molecule has 0 spiro atoms. The highest BCUT2D eigenvalue weighted by Crippen LogP contribution is 2.23. The van der Waals surface area contributed by atoms with Crippen molar-refractivity contribution in [3.05, 3.63) is 36.0 Å². The minimum Gasteiger partial charge on any atom is -0.497 e. The van der Waals surface area contributed by atoms with Crippen LogP contribution in [0, 0.1) is 0 Å². The van der Waals surface area contributed by atoms with Gasteiger partial charge in [-0.1, -0.05) is 0 Å². The molecule has 0 aliphatic carbocycles. The van der Waals surface area contributed by atoms with Crippen LogP contribution in [0.5, 0.6) is 5.75 Å². The number of methoxy groups -OCH3 is 1. The summed E-state index contributed by atoms with van der Waals surface area (Å²) in [6.45, 7) is 1.31. The summed E-state index contributed by atoms with van der Waals surface area (Å²) < 4.78 is 10.8. The molecule has 1 amide bonds. The number of aromatic nitrogens is 2. The first kappa shape index (κ1) is 15.6. The fraction of sp³-hybridized carbons (Fsp3) is 0.412. The normalized spacial score (nSPS) is 17.7. The monoisotopic (exact) mass is 315 g/mol. The minimum absolute atomic E-state index is 0.115. The second-order valence-electron chi connectivity index (χ2n) is 5.59. The van der Waals surface area contributed by atoms with Gasteiger partial charge in [-0.05, 0) is 43.5 Å². The maximum atomic E-state index is 12.4. The number of hydrogen-bond acceptors (Lipinski definition) is 4. The number of ether oxygens (including phenoxy) is 2. The van der Waals surface area contributed by atoms with Crippen LogP contribution in [0.1, 0.15) is 29.6 Å². The standard InChI is InChI=1S/C17H21N3O3/c1-22-13-7-5-12(6-8-13)16-15(11-19-20-16)17(21)18-10-14-4-2-3-9-23-14/h5-8,11,14H,2-4,9-10H2,1H3,(H,18,21)(H,19,20)/t14-/m1/s1. The first-order valence-electron chi connectivity index (χ1n) is 7.85. The van der Waals surface area contributed by atoms with E-state index in [1.807, 2.05) is 24.3 Å². The van der Waals surface area contributed by atoms with Gasteiger partial charge in [-0.15, -0.1) is 0 Å². The summed E-state index contributed by atoms with van der Waals surface area (Å²) in [7, 11) is 1.62. The second kappa shape index (κ2) is 7.28.